The summed E-state index contributed by atoms with van der Waals surface area (Å²) in [6.07, 6.45) is 0.449. The first-order chi connectivity index (χ1) is 11.9. The molecule has 1 aliphatic rings. The summed E-state index contributed by atoms with van der Waals surface area (Å²) in [7, 11) is -2.58. The molecule has 0 saturated carbocycles. The SMILES string of the molecule is COc1ccc(CC(=O)O)cc1S(=O)(=O)Nc1ccc2c(c1)CCO2. The Hall–Kier alpha value is -2.74. The second-order valence-electron chi connectivity index (χ2n) is 5.58. The van der Waals surface area contributed by atoms with E-state index in [9.17, 15) is 13.2 Å². The molecule has 0 bridgehead atoms. The van der Waals surface area contributed by atoms with Gasteiger partial charge in [0.2, 0.25) is 0 Å². The van der Waals surface area contributed by atoms with Gasteiger partial charge in [0.05, 0.1) is 20.1 Å². The van der Waals surface area contributed by atoms with Crippen LogP contribution in [0.1, 0.15) is 11.1 Å². The summed E-state index contributed by atoms with van der Waals surface area (Å²) in [6.45, 7) is 0.580. The Bertz CT molecular complexity index is 923. The van der Waals surface area contributed by atoms with Gasteiger partial charge in [-0.15, -0.1) is 0 Å². The van der Waals surface area contributed by atoms with E-state index in [2.05, 4.69) is 4.72 Å². The van der Waals surface area contributed by atoms with E-state index < -0.39 is 16.0 Å². The number of aliphatic carboxylic acids is 1. The molecule has 0 atom stereocenters. The number of anilines is 1. The van der Waals surface area contributed by atoms with Crippen LogP contribution in [0.4, 0.5) is 5.69 Å². The third-order valence-corrected chi connectivity index (χ3v) is 5.22. The molecule has 1 heterocycles. The zero-order valence-corrected chi connectivity index (χ0v) is 14.3. The molecular weight excluding hydrogens is 346 g/mol. The number of hydrogen-bond acceptors (Lipinski definition) is 5. The third-order valence-electron chi connectivity index (χ3n) is 3.81. The highest BCUT2D eigenvalue weighted by molar-refractivity contribution is 7.92. The predicted octanol–water partition coefficient (Wildman–Crippen LogP) is 2.06. The zero-order chi connectivity index (χ0) is 18.0. The standard InChI is InChI=1S/C17H17NO6S/c1-23-15-4-2-11(9-17(19)20)8-16(15)25(21,22)18-13-3-5-14-12(10-13)6-7-24-14/h2-5,8,10,18H,6-7,9H2,1H3,(H,19,20). The number of benzene rings is 2. The average Bonchev–Trinajstić information content (AvgIpc) is 3.01. The monoisotopic (exact) mass is 363 g/mol. The van der Waals surface area contributed by atoms with Crippen molar-refractivity contribution in [3.8, 4) is 11.5 Å². The molecule has 25 heavy (non-hydrogen) atoms. The van der Waals surface area contributed by atoms with E-state index in [1.165, 1.54) is 25.3 Å². The highest BCUT2D eigenvalue weighted by Crippen LogP contribution is 2.31. The first-order valence-electron chi connectivity index (χ1n) is 7.56. The van der Waals surface area contributed by atoms with Gasteiger partial charge in [0.15, 0.2) is 0 Å². The summed E-state index contributed by atoms with van der Waals surface area (Å²) >= 11 is 0. The molecule has 2 N–H and O–H groups in total. The van der Waals surface area contributed by atoms with Crippen LogP contribution in [0.2, 0.25) is 0 Å². The molecule has 0 amide bonds. The zero-order valence-electron chi connectivity index (χ0n) is 13.5. The lowest BCUT2D eigenvalue weighted by Gasteiger charge is -2.13. The third kappa shape index (κ3) is 3.69. The minimum absolute atomic E-state index is 0.106. The van der Waals surface area contributed by atoms with Crippen LogP contribution >= 0.6 is 0 Å². The first kappa shape index (κ1) is 17.1. The molecule has 7 nitrogen and oxygen atoms in total. The number of sulfonamides is 1. The maximum absolute atomic E-state index is 12.7. The van der Waals surface area contributed by atoms with Crippen molar-refractivity contribution in [3.63, 3.8) is 0 Å². The van der Waals surface area contributed by atoms with Crippen LogP contribution in [0.3, 0.4) is 0 Å². The smallest absolute Gasteiger partial charge is 0.307 e. The fourth-order valence-corrected chi connectivity index (χ4v) is 3.95. The Labute approximate surface area is 145 Å². The van der Waals surface area contributed by atoms with Crippen molar-refractivity contribution in [1.29, 1.82) is 0 Å². The normalized spacial score (nSPS) is 13.0. The van der Waals surface area contributed by atoms with E-state index in [0.717, 1.165) is 17.7 Å². The number of ether oxygens (including phenoxy) is 2. The van der Waals surface area contributed by atoms with Crippen molar-refractivity contribution >= 4 is 21.7 Å². The van der Waals surface area contributed by atoms with Crippen LogP contribution in [0.5, 0.6) is 11.5 Å². The molecule has 0 aromatic heterocycles. The molecular formula is C17H17NO6S. The van der Waals surface area contributed by atoms with Crippen LogP contribution in [-0.4, -0.2) is 33.2 Å². The van der Waals surface area contributed by atoms with Gasteiger partial charge >= 0.3 is 5.97 Å². The predicted molar refractivity (Wildman–Crippen MR) is 90.8 cm³/mol. The average molecular weight is 363 g/mol. The van der Waals surface area contributed by atoms with E-state index in [1.54, 1.807) is 18.2 Å². The molecule has 0 unspecified atom stereocenters. The highest BCUT2D eigenvalue weighted by atomic mass is 32.2. The van der Waals surface area contributed by atoms with Crippen molar-refractivity contribution in [2.24, 2.45) is 0 Å². The number of fused-ring (bicyclic) bond motifs is 1. The van der Waals surface area contributed by atoms with E-state index in [-0.39, 0.29) is 17.1 Å². The number of carbonyl (C=O) groups is 1. The largest absolute Gasteiger partial charge is 0.495 e. The minimum atomic E-state index is -3.94. The summed E-state index contributed by atoms with van der Waals surface area (Å²) in [4.78, 5) is 10.8. The van der Waals surface area contributed by atoms with E-state index in [1.807, 2.05) is 0 Å². The number of carboxylic acid groups (broad SMARTS) is 1. The van der Waals surface area contributed by atoms with Crippen molar-refractivity contribution in [3.05, 3.63) is 47.5 Å². The number of hydrogen-bond donors (Lipinski definition) is 2. The molecule has 0 radical (unpaired) electrons. The van der Waals surface area contributed by atoms with Crippen molar-refractivity contribution < 1.29 is 27.8 Å². The minimum Gasteiger partial charge on any atom is -0.495 e. The second-order valence-corrected chi connectivity index (χ2v) is 7.23. The highest BCUT2D eigenvalue weighted by Gasteiger charge is 2.22. The fourth-order valence-electron chi connectivity index (χ4n) is 2.68. The molecule has 2 aromatic carbocycles. The Kier molecular flexibility index (Phi) is 4.54. The number of rotatable bonds is 6. The molecule has 0 saturated heterocycles. The van der Waals surface area contributed by atoms with Gasteiger partial charge in [-0.1, -0.05) is 6.07 Å². The van der Waals surface area contributed by atoms with E-state index >= 15 is 0 Å². The lowest BCUT2D eigenvalue weighted by molar-refractivity contribution is -0.136. The number of carboxylic acids is 1. The molecule has 8 heteroatoms. The Morgan fingerprint density at radius 1 is 1.28 bits per heavy atom. The van der Waals surface area contributed by atoms with Gasteiger partial charge < -0.3 is 14.6 Å². The summed E-state index contributed by atoms with van der Waals surface area (Å²) in [6, 6.07) is 9.36. The number of methoxy groups -OCH3 is 1. The van der Waals surface area contributed by atoms with Crippen LogP contribution < -0.4 is 14.2 Å². The van der Waals surface area contributed by atoms with Gasteiger partial charge in [-0.2, -0.15) is 0 Å². The summed E-state index contributed by atoms with van der Waals surface area (Å²) in [5.41, 5.74) is 1.72. The lowest BCUT2D eigenvalue weighted by atomic mass is 10.1. The second kappa shape index (κ2) is 6.64. The summed E-state index contributed by atoms with van der Waals surface area (Å²) in [5, 5.41) is 8.90. The van der Waals surface area contributed by atoms with Crippen LogP contribution in [-0.2, 0) is 27.7 Å². The van der Waals surface area contributed by atoms with Gasteiger partial charge in [-0.3, -0.25) is 9.52 Å². The van der Waals surface area contributed by atoms with Crippen LogP contribution in [0, 0.1) is 0 Å². The molecule has 132 valence electrons. The summed E-state index contributed by atoms with van der Waals surface area (Å²) in [5.74, 6) is -0.143. The summed E-state index contributed by atoms with van der Waals surface area (Å²) < 4.78 is 38.5. The topological polar surface area (TPSA) is 102 Å². The van der Waals surface area contributed by atoms with Crippen molar-refractivity contribution in [2.45, 2.75) is 17.7 Å². The molecule has 1 aliphatic heterocycles. The molecule has 0 fully saturated rings. The van der Waals surface area contributed by atoms with Gasteiger partial charge in [-0.05, 0) is 41.5 Å². The van der Waals surface area contributed by atoms with E-state index in [0.29, 0.717) is 17.9 Å². The van der Waals surface area contributed by atoms with Crippen molar-refractivity contribution in [1.82, 2.24) is 0 Å². The number of nitrogens with one attached hydrogen (secondary N) is 1. The van der Waals surface area contributed by atoms with E-state index in [4.69, 9.17) is 14.6 Å². The van der Waals surface area contributed by atoms with Crippen molar-refractivity contribution in [2.75, 3.05) is 18.4 Å². The lowest BCUT2D eigenvalue weighted by Crippen LogP contribution is -2.15. The fraction of sp³-hybridized carbons (Fsp3) is 0.235. The van der Waals surface area contributed by atoms with Crippen LogP contribution in [0.15, 0.2) is 41.3 Å². The molecule has 0 aliphatic carbocycles. The van der Waals surface area contributed by atoms with Gasteiger partial charge in [0, 0.05) is 12.1 Å². The van der Waals surface area contributed by atoms with Gasteiger partial charge in [-0.25, -0.2) is 8.42 Å². The van der Waals surface area contributed by atoms with Gasteiger partial charge in [0.1, 0.15) is 16.4 Å². The quantitative estimate of drug-likeness (QED) is 0.814. The van der Waals surface area contributed by atoms with Gasteiger partial charge in [0.25, 0.3) is 10.0 Å². The maximum atomic E-state index is 12.7. The Morgan fingerprint density at radius 2 is 2.08 bits per heavy atom. The Balaban J connectivity index is 1.94. The maximum Gasteiger partial charge on any atom is 0.307 e. The Morgan fingerprint density at radius 3 is 2.80 bits per heavy atom. The molecule has 0 spiro atoms. The first-order valence-corrected chi connectivity index (χ1v) is 9.04. The molecule has 3 rings (SSSR count). The van der Waals surface area contributed by atoms with Crippen LogP contribution in [0.25, 0.3) is 0 Å². The molecule has 2 aromatic rings.